The van der Waals surface area contributed by atoms with Gasteiger partial charge in [-0.15, -0.1) is 0 Å². The molecular formula is C16H25F2N3O3. The van der Waals surface area contributed by atoms with E-state index >= 15 is 0 Å². The molecule has 1 aromatic rings. The highest BCUT2D eigenvalue weighted by Crippen LogP contribution is 2.41. The lowest BCUT2D eigenvalue weighted by Gasteiger charge is -2.21. The van der Waals surface area contributed by atoms with Crippen LogP contribution in [0.15, 0.2) is 17.1 Å². The first-order chi connectivity index (χ1) is 11.0. The summed E-state index contributed by atoms with van der Waals surface area (Å²) in [5.41, 5.74) is -0.276. The van der Waals surface area contributed by atoms with E-state index in [-0.39, 0.29) is 12.0 Å². The van der Waals surface area contributed by atoms with Gasteiger partial charge in [-0.25, -0.2) is 4.79 Å². The Labute approximate surface area is 139 Å². The normalized spacial score (nSPS) is 26.7. The number of aromatic nitrogens is 2. The summed E-state index contributed by atoms with van der Waals surface area (Å²) in [6, 6.07) is 1.45. The molecule has 2 rings (SSSR count). The largest absolute Gasteiger partial charge is 0.384 e. The highest BCUT2D eigenvalue weighted by molar-refractivity contribution is 5.01. The van der Waals surface area contributed by atoms with E-state index < -0.39 is 30.0 Å². The minimum absolute atomic E-state index is 0.0807. The van der Waals surface area contributed by atoms with E-state index in [4.69, 9.17) is 4.74 Å². The topological polar surface area (TPSA) is 76.4 Å². The first kappa shape index (κ1) is 19.0. The van der Waals surface area contributed by atoms with Crippen LogP contribution in [0.3, 0.4) is 0 Å². The van der Waals surface area contributed by atoms with Gasteiger partial charge in [0.05, 0.1) is 0 Å². The molecule has 24 heavy (non-hydrogen) atoms. The molecule has 136 valence electrons. The number of rotatable bonds is 5. The lowest BCUT2D eigenvalue weighted by Crippen LogP contribution is -2.43. The van der Waals surface area contributed by atoms with Crippen LogP contribution < -0.4 is 11.0 Å². The molecule has 1 aliphatic rings. The van der Waals surface area contributed by atoms with E-state index in [1.54, 1.807) is 6.92 Å². The minimum Gasteiger partial charge on any atom is -0.384 e. The summed E-state index contributed by atoms with van der Waals surface area (Å²) in [7, 11) is 0. The standard InChI is InChI=1S/C16H25F2N3O3/c1-10-5-8-21(14(23)20-10)13-16(17,18)12(22)11(24-13)9-19-7-6-15(2,3)4/h5,8,11-13,19,22H,6-7,9H2,1-4H3/t11-,12-,13-/m1/s1. The second-order valence-electron chi connectivity index (χ2n) is 7.42. The van der Waals surface area contributed by atoms with Gasteiger partial charge in [0.25, 0.3) is 0 Å². The van der Waals surface area contributed by atoms with E-state index in [1.165, 1.54) is 12.3 Å². The molecule has 0 spiro atoms. The molecule has 0 bridgehead atoms. The van der Waals surface area contributed by atoms with E-state index in [0.29, 0.717) is 12.2 Å². The zero-order valence-electron chi connectivity index (χ0n) is 14.4. The van der Waals surface area contributed by atoms with Gasteiger partial charge in [0, 0.05) is 18.4 Å². The summed E-state index contributed by atoms with van der Waals surface area (Å²) in [4.78, 5) is 15.5. The highest BCUT2D eigenvalue weighted by atomic mass is 19.3. The fraction of sp³-hybridized carbons (Fsp3) is 0.750. The van der Waals surface area contributed by atoms with Crippen LogP contribution in [-0.4, -0.2) is 45.9 Å². The fourth-order valence-corrected chi connectivity index (χ4v) is 2.52. The van der Waals surface area contributed by atoms with Crippen LogP contribution in [0, 0.1) is 12.3 Å². The molecular weight excluding hydrogens is 320 g/mol. The van der Waals surface area contributed by atoms with Crippen molar-refractivity contribution < 1.29 is 18.6 Å². The number of alkyl halides is 2. The average Bonchev–Trinajstić information content (AvgIpc) is 2.66. The molecule has 1 aromatic heterocycles. The number of aryl methyl sites for hydroxylation is 1. The summed E-state index contributed by atoms with van der Waals surface area (Å²) in [6.07, 6.45) is -2.87. The number of hydrogen-bond donors (Lipinski definition) is 2. The Kier molecular flexibility index (Phi) is 5.41. The van der Waals surface area contributed by atoms with Crippen LogP contribution >= 0.6 is 0 Å². The molecule has 0 amide bonds. The monoisotopic (exact) mass is 345 g/mol. The lowest BCUT2D eigenvalue weighted by atomic mass is 9.92. The van der Waals surface area contributed by atoms with Crippen molar-refractivity contribution in [2.75, 3.05) is 13.1 Å². The number of halogens is 2. The molecule has 1 aliphatic heterocycles. The van der Waals surface area contributed by atoms with E-state index in [2.05, 4.69) is 31.1 Å². The second-order valence-corrected chi connectivity index (χ2v) is 7.42. The number of nitrogens with one attached hydrogen (secondary N) is 1. The van der Waals surface area contributed by atoms with Crippen LogP contribution in [0.25, 0.3) is 0 Å². The van der Waals surface area contributed by atoms with Gasteiger partial charge in [-0.05, 0) is 31.4 Å². The van der Waals surface area contributed by atoms with Crippen LogP contribution in [0.1, 0.15) is 39.1 Å². The van der Waals surface area contributed by atoms with Crippen molar-refractivity contribution in [1.82, 2.24) is 14.9 Å². The number of ether oxygens (including phenoxy) is 1. The van der Waals surface area contributed by atoms with Gasteiger partial charge in [0.1, 0.15) is 12.2 Å². The predicted molar refractivity (Wildman–Crippen MR) is 85.0 cm³/mol. The maximum Gasteiger partial charge on any atom is 0.350 e. The van der Waals surface area contributed by atoms with Gasteiger partial charge in [-0.3, -0.25) is 4.57 Å². The van der Waals surface area contributed by atoms with Gasteiger partial charge in [-0.2, -0.15) is 13.8 Å². The lowest BCUT2D eigenvalue weighted by molar-refractivity contribution is -0.140. The number of hydrogen-bond acceptors (Lipinski definition) is 5. The quantitative estimate of drug-likeness (QED) is 0.791. The first-order valence-corrected chi connectivity index (χ1v) is 8.00. The van der Waals surface area contributed by atoms with E-state index in [9.17, 15) is 18.7 Å². The summed E-state index contributed by atoms with van der Waals surface area (Å²) in [6.45, 7) is 8.54. The fourth-order valence-electron chi connectivity index (χ4n) is 2.52. The third kappa shape index (κ3) is 4.17. The van der Waals surface area contributed by atoms with Crippen LogP contribution in [0.2, 0.25) is 0 Å². The minimum atomic E-state index is -3.57. The predicted octanol–water partition coefficient (Wildman–Crippen LogP) is 1.47. The molecule has 8 heteroatoms. The van der Waals surface area contributed by atoms with Crippen molar-refractivity contribution in [3.63, 3.8) is 0 Å². The molecule has 0 aromatic carbocycles. The molecule has 2 N–H and O–H groups in total. The maximum atomic E-state index is 14.3. The Hall–Kier alpha value is -1.38. The smallest absolute Gasteiger partial charge is 0.350 e. The van der Waals surface area contributed by atoms with Gasteiger partial charge in [0.2, 0.25) is 6.23 Å². The Morgan fingerprint density at radius 3 is 2.71 bits per heavy atom. The zero-order chi connectivity index (χ0) is 18.1. The highest BCUT2D eigenvalue weighted by Gasteiger charge is 2.59. The van der Waals surface area contributed by atoms with Crippen LogP contribution in [-0.2, 0) is 4.74 Å². The molecule has 0 aliphatic carbocycles. The van der Waals surface area contributed by atoms with Gasteiger partial charge < -0.3 is 15.2 Å². The molecule has 3 atom stereocenters. The summed E-state index contributed by atoms with van der Waals surface area (Å²) >= 11 is 0. The molecule has 6 nitrogen and oxygen atoms in total. The van der Waals surface area contributed by atoms with E-state index in [1.807, 2.05) is 0 Å². The third-order valence-electron chi connectivity index (χ3n) is 4.00. The SMILES string of the molecule is Cc1ccn([C@@H]2O[C@H](CNCCC(C)(C)C)[C@@H](O)C2(F)F)c(=O)n1. The Balaban J connectivity index is 2.06. The van der Waals surface area contributed by atoms with Crippen molar-refractivity contribution >= 4 is 0 Å². The van der Waals surface area contributed by atoms with Crippen molar-refractivity contribution in [2.24, 2.45) is 5.41 Å². The zero-order valence-corrected chi connectivity index (χ0v) is 14.4. The average molecular weight is 345 g/mol. The number of aliphatic hydroxyl groups is 1. The molecule has 0 saturated carbocycles. The molecule has 1 saturated heterocycles. The summed E-state index contributed by atoms with van der Waals surface area (Å²) in [5, 5.41) is 12.9. The molecule has 0 radical (unpaired) electrons. The maximum absolute atomic E-state index is 14.3. The Bertz CT molecular complexity index is 628. The Morgan fingerprint density at radius 1 is 1.46 bits per heavy atom. The molecule has 2 heterocycles. The van der Waals surface area contributed by atoms with Gasteiger partial charge >= 0.3 is 11.6 Å². The summed E-state index contributed by atoms with van der Waals surface area (Å²) < 4.78 is 34.7. The summed E-state index contributed by atoms with van der Waals surface area (Å²) in [5.74, 6) is -3.57. The van der Waals surface area contributed by atoms with Gasteiger partial charge in [0.15, 0.2) is 0 Å². The van der Waals surface area contributed by atoms with Crippen molar-refractivity contribution in [3.8, 4) is 0 Å². The third-order valence-corrected chi connectivity index (χ3v) is 4.00. The van der Waals surface area contributed by atoms with Crippen LogP contribution in [0.4, 0.5) is 8.78 Å². The van der Waals surface area contributed by atoms with E-state index in [0.717, 1.165) is 11.0 Å². The number of nitrogens with zero attached hydrogens (tertiary/aromatic N) is 2. The van der Waals surface area contributed by atoms with Crippen molar-refractivity contribution in [1.29, 1.82) is 0 Å². The number of aliphatic hydroxyl groups excluding tert-OH is 1. The molecule has 0 unspecified atom stereocenters. The Morgan fingerprint density at radius 2 is 2.12 bits per heavy atom. The first-order valence-electron chi connectivity index (χ1n) is 8.00. The van der Waals surface area contributed by atoms with Gasteiger partial charge in [-0.1, -0.05) is 20.8 Å². The second kappa shape index (κ2) is 6.85. The van der Waals surface area contributed by atoms with Crippen LogP contribution in [0.5, 0.6) is 0 Å². The van der Waals surface area contributed by atoms with Crippen molar-refractivity contribution in [3.05, 3.63) is 28.4 Å². The van der Waals surface area contributed by atoms with Crippen molar-refractivity contribution in [2.45, 2.75) is 58.5 Å². The molecule has 1 fully saturated rings.